The number of aromatic nitrogens is 4. The fourth-order valence-electron chi connectivity index (χ4n) is 8.63. The Morgan fingerprint density at radius 3 is 1.95 bits per heavy atom. The maximum absolute atomic E-state index is 14.0. The van der Waals surface area contributed by atoms with Crippen LogP contribution in [0.3, 0.4) is 0 Å². The van der Waals surface area contributed by atoms with Crippen LogP contribution in [0, 0.1) is 17.8 Å². The van der Waals surface area contributed by atoms with E-state index in [2.05, 4.69) is 45.0 Å². The zero-order valence-corrected chi connectivity index (χ0v) is 36.7. The Kier molecular flexibility index (Phi) is 13.4. The molecular formula is C45H58N8O9. The Morgan fingerprint density at radius 2 is 1.39 bits per heavy atom. The van der Waals surface area contributed by atoms with Gasteiger partial charge >= 0.3 is 12.2 Å². The van der Waals surface area contributed by atoms with Gasteiger partial charge < -0.3 is 54.5 Å². The van der Waals surface area contributed by atoms with Gasteiger partial charge in [0.25, 0.3) is 0 Å². The summed E-state index contributed by atoms with van der Waals surface area (Å²) >= 11 is 0. The molecule has 0 bridgehead atoms. The van der Waals surface area contributed by atoms with Crippen molar-refractivity contribution in [3.8, 4) is 45.1 Å². The van der Waals surface area contributed by atoms with E-state index in [0.717, 1.165) is 69.1 Å². The molecule has 0 spiro atoms. The second-order valence-electron chi connectivity index (χ2n) is 16.9. The van der Waals surface area contributed by atoms with E-state index < -0.39 is 30.3 Å². The maximum Gasteiger partial charge on any atom is 0.407 e. The number of carbonyl (C=O) groups is 4. The first-order chi connectivity index (χ1) is 29.8. The highest BCUT2D eigenvalue weighted by molar-refractivity contribution is 5.89. The van der Waals surface area contributed by atoms with Crippen LogP contribution in [0.1, 0.15) is 95.2 Å². The lowest BCUT2D eigenvalue weighted by atomic mass is 9.87. The predicted molar refractivity (Wildman–Crippen MR) is 229 cm³/mol. The first-order valence-corrected chi connectivity index (χ1v) is 21.3. The molecule has 2 aromatic heterocycles. The summed E-state index contributed by atoms with van der Waals surface area (Å²) in [5, 5.41) is 8.46. The number of hydrogen-bond donors (Lipinski definition) is 5. The Balaban J connectivity index is 1.12. The van der Waals surface area contributed by atoms with Crippen LogP contribution in [-0.2, 0) is 37.0 Å². The molecule has 5 atom stereocenters. The second-order valence-corrected chi connectivity index (χ2v) is 16.9. The zero-order valence-electron chi connectivity index (χ0n) is 36.7. The van der Waals surface area contributed by atoms with Crippen LogP contribution in [0.25, 0.3) is 33.6 Å². The van der Waals surface area contributed by atoms with E-state index in [1.165, 1.54) is 14.2 Å². The average molecular weight is 855 g/mol. The van der Waals surface area contributed by atoms with E-state index in [0.29, 0.717) is 50.9 Å². The van der Waals surface area contributed by atoms with Crippen LogP contribution in [0.2, 0.25) is 0 Å². The van der Waals surface area contributed by atoms with Crippen molar-refractivity contribution in [3.63, 3.8) is 0 Å². The highest BCUT2D eigenvalue weighted by Gasteiger charge is 2.42. The third-order valence-corrected chi connectivity index (χ3v) is 11.9. The number of unbranched alkanes of at least 4 members (excludes halogenated alkanes) is 1. The Hall–Kier alpha value is -6.10. The normalized spacial score (nSPS) is 17.7. The standard InChI is InChI=1S/C45H58N8O9/c1-9-10-11-30(50-42(54)38(23(2)3)51-44(56)59-7)40-46-17-31(48-40)26-13-28-21-62-35-16-27(14-29-22-61-34(15-26)36(28)37(29)35)32-18-47-41(49-32)33-12-25(20-58-6)19-53(33)43(55)39(24(4)5)52-45(57)60-8/h13-18,23-25,30,33,38-39H,9-12,19-22H2,1-8H3,(H,46,48)(H,47,49)(H,50,54)(H,51,56)(H,52,57)/t25-,30-,33-,38-,39-/m0/s1. The molecule has 0 unspecified atom stereocenters. The molecule has 2 aromatic carbocycles. The molecular weight excluding hydrogens is 797 g/mol. The lowest BCUT2D eigenvalue weighted by Gasteiger charge is -2.30. The monoisotopic (exact) mass is 854 g/mol. The molecule has 0 radical (unpaired) electrons. The summed E-state index contributed by atoms with van der Waals surface area (Å²) in [6.07, 6.45) is 5.32. The lowest BCUT2D eigenvalue weighted by molar-refractivity contribution is -0.135. The number of methoxy groups -OCH3 is 3. The van der Waals surface area contributed by atoms with Crippen molar-refractivity contribution in [3.05, 3.63) is 59.4 Å². The topological polar surface area (TPSA) is 211 Å². The number of carbonyl (C=O) groups excluding carboxylic acids is 4. The number of likely N-dealkylation sites (tertiary alicyclic amines) is 1. The number of hydrogen-bond acceptors (Lipinski definition) is 11. The highest BCUT2D eigenvalue weighted by atomic mass is 16.5. The summed E-state index contributed by atoms with van der Waals surface area (Å²) in [6.45, 7) is 11.2. The number of imidazole rings is 2. The third-order valence-electron chi connectivity index (χ3n) is 11.9. The molecule has 332 valence electrons. The molecule has 5 N–H and O–H groups in total. The van der Waals surface area contributed by atoms with Crippen molar-refractivity contribution in [2.45, 2.75) is 97.7 Å². The van der Waals surface area contributed by atoms with Crippen LogP contribution in [0.5, 0.6) is 11.5 Å². The number of rotatable bonds is 16. The van der Waals surface area contributed by atoms with Gasteiger partial charge in [0.2, 0.25) is 11.8 Å². The molecule has 3 aliphatic rings. The Labute approximate surface area is 361 Å². The fraction of sp³-hybridized carbons (Fsp3) is 0.511. The molecule has 3 aliphatic heterocycles. The van der Waals surface area contributed by atoms with Crippen molar-refractivity contribution in [1.82, 2.24) is 40.8 Å². The van der Waals surface area contributed by atoms with Crippen LogP contribution in [-0.4, -0.2) is 95.4 Å². The van der Waals surface area contributed by atoms with Crippen LogP contribution >= 0.6 is 0 Å². The number of benzene rings is 2. The van der Waals surface area contributed by atoms with Gasteiger partial charge in [-0.05, 0) is 48.9 Å². The minimum Gasteiger partial charge on any atom is -0.488 e. The first-order valence-electron chi connectivity index (χ1n) is 21.3. The van der Waals surface area contributed by atoms with Crippen molar-refractivity contribution < 1.29 is 42.9 Å². The average Bonchev–Trinajstić information content (AvgIpc) is 4.05. The molecule has 0 aliphatic carbocycles. The summed E-state index contributed by atoms with van der Waals surface area (Å²) in [7, 11) is 4.20. The highest BCUT2D eigenvalue weighted by Crippen LogP contribution is 2.51. The van der Waals surface area contributed by atoms with E-state index in [4.69, 9.17) is 33.7 Å². The zero-order chi connectivity index (χ0) is 44.2. The number of nitrogens with one attached hydrogen (secondary N) is 5. The SMILES string of the molecule is CCCC[C@H](NC(=O)[C@@H](NC(=O)OC)C(C)C)c1ncc(-c2cc3c4c(c2)OCc2cc(-c5cnc([C@@H]6C[C@H](COC)CN6C(=O)[C@@H](NC(=O)OC)C(C)C)[nH]5)cc(c2-4)OC3)[nH]1. The molecule has 7 rings (SSSR count). The van der Waals surface area contributed by atoms with Crippen molar-refractivity contribution in [2.75, 3.05) is 34.5 Å². The molecule has 1 saturated heterocycles. The Bertz CT molecular complexity index is 2240. The number of aromatic amines is 2. The number of H-pyrrole nitrogens is 2. The van der Waals surface area contributed by atoms with E-state index in [-0.39, 0.29) is 35.6 Å². The molecule has 5 heterocycles. The van der Waals surface area contributed by atoms with Crippen LogP contribution in [0.15, 0.2) is 36.7 Å². The Morgan fingerprint density at radius 1 is 0.806 bits per heavy atom. The minimum atomic E-state index is -0.774. The van der Waals surface area contributed by atoms with Gasteiger partial charge in [-0.25, -0.2) is 19.6 Å². The molecule has 0 saturated carbocycles. The lowest BCUT2D eigenvalue weighted by Crippen LogP contribution is -2.51. The number of nitrogens with zero attached hydrogens (tertiary/aromatic N) is 3. The summed E-state index contributed by atoms with van der Waals surface area (Å²) in [5.41, 5.74) is 7.21. The van der Waals surface area contributed by atoms with Crippen molar-refractivity contribution in [1.29, 1.82) is 0 Å². The molecule has 62 heavy (non-hydrogen) atoms. The molecule has 4 amide bonds. The first kappa shape index (κ1) is 44.0. The van der Waals surface area contributed by atoms with Gasteiger partial charge in [0, 0.05) is 53.0 Å². The van der Waals surface area contributed by atoms with Crippen LogP contribution in [0.4, 0.5) is 9.59 Å². The molecule has 4 aromatic rings. The van der Waals surface area contributed by atoms with Gasteiger partial charge in [0.15, 0.2) is 0 Å². The number of ether oxygens (including phenoxy) is 5. The number of alkyl carbamates (subject to hydrolysis) is 2. The van der Waals surface area contributed by atoms with Crippen LogP contribution < -0.4 is 25.4 Å². The predicted octanol–water partition coefficient (Wildman–Crippen LogP) is 6.56. The van der Waals surface area contributed by atoms with Gasteiger partial charge in [0.1, 0.15) is 48.4 Å². The number of amides is 4. The van der Waals surface area contributed by atoms with Crippen molar-refractivity contribution >= 4 is 24.0 Å². The molecule has 1 fully saturated rings. The second kappa shape index (κ2) is 18.9. The third kappa shape index (κ3) is 9.08. The van der Waals surface area contributed by atoms with Gasteiger partial charge in [-0.15, -0.1) is 0 Å². The van der Waals surface area contributed by atoms with Crippen molar-refractivity contribution in [2.24, 2.45) is 17.8 Å². The maximum atomic E-state index is 14.0. The van der Waals surface area contributed by atoms with Gasteiger partial charge in [-0.3, -0.25) is 9.59 Å². The van der Waals surface area contributed by atoms with E-state index >= 15 is 0 Å². The van der Waals surface area contributed by atoms with Gasteiger partial charge in [-0.1, -0.05) is 47.5 Å². The quantitative estimate of drug-likeness (QED) is 0.0814. The minimum absolute atomic E-state index is 0.0912. The molecule has 17 heteroatoms. The van der Waals surface area contributed by atoms with E-state index in [9.17, 15) is 19.2 Å². The summed E-state index contributed by atoms with van der Waals surface area (Å²) in [6, 6.07) is 5.89. The van der Waals surface area contributed by atoms with E-state index in [1.807, 2.05) is 39.8 Å². The summed E-state index contributed by atoms with van der Waals surface area (Å²) in [5.74, 6) is 1.99. The van der Waals surface area contributed by atoms with Gasteiger partial charge in [0.05, 0.1) is 56.7 Å². The summed E-state index contributed by atoms with van der Waals surface area (Å²) < 4.78 is 28.0. The molecule has 17 nitrogen and oxygen atoms in total. The largest absolute Gasteiger partial charge is 0.488 e. The fourth-order valence-corrected chi connectivity index (χ4v) is 8.63. The smallest absolute Gasteiger partial charge is 0.407 e. The van der Waals surface area contributed by atoms with E-state index in [1.54, 1.807) is 24.4 Å². The van der Waals surface area contributed by atoms with Gasteiger partial charge in [-0.2, -0.15) is 0 Å². The summed E-state index contributed by atoms with van der Waals surface area (Å²) in [4.78, 5) is 69.8.